The van der Waals surface area contributed by atoms with Gasteiger partial charge >= 0.3 is 135 Å². The van der Waals surface area contributed by atoms with E-state index in [2.05, 4.69) is 12.7 Å². The van der Waals surface area contributed by atoms with Gasteiger partial charge in [0.05, 0.1) is 0 Å². The molecule has 0 atom stereocenters. The summed E-state index contributed by atoms with van der Waals surface area (Å²) in [7, 11) is 0. The Balaban J connectivity index is 6.03. The standard InChI is InChI=1S/C8H4F13.BrH.Sn/c1-2-3(9,10)4(11,12)5(13,14)6(15,16)7(17,18)8(19,20)21;;/h1-2H2;1H;/q;;+1/p-1. The van der Waals surface area contributed by atoms with Gasteiger partial charge in [-0.2, -0.15) is 0 Å². The molecule has 0 aromatic heterocycles. The zero-order valence-corrected chi connectivity index (χ0v) is 14.6. The van der Waals surface area contributed by atoms with E-state index in [0.717, 1.165) is 0 Å². The van der Waals surface area contributed by atoms with E-state index in [1.807, 2.05) is 0 Å². The summed E-state index contributed by atoms with van der Waals surface area (Å²) >= 11 is 0.736. The van der Waals surface area contributed by atoms with Gasteiger partial charge in [0.1, 0.15) is 0 Å². The average molecular weight is 546 g/mol. The Bertz CT molecular complexity index is 415. The monoisotopic (exact) mass is 546 g/mol. The second kappa shape index (κ2) is 6.59. The Labute approximate surface area is 135 Å². The zero-order chi connectivity index (χ0) is 19.1. The molecular formula is C8H4BrF13Sn. The molecule has 2 radical (unpaired) electrons. The number of hydrogen-bond donors (Lipinski definition) is 0. The molecule has 0 aromatic carbocycles. The van der Waals surface area contributed by atoms with Crippen LogP contribution in [0.15, 0.2) is 0 Å². The molecular weight excluding hydrogens is 542 g/mol. The summed E-state index contributed by atoms with van der Waals surface area (Å²) in [5.74, 6) is -36.2. The van der Waals surface area contributed by atoms with Crippen LogP contribution in [0.4, 0.5) is 57.1 Å². The van der Waals surface area contributed by atoms with Crippen LogP contribution in [0.5, 0.6) is 0 Å². The fourth-order valence-electron chi connectivity index (χ4n) is 1.16. The molecule has 0 saturated carbocycles. The van der Waals surface area contributed by atoms with Gasteiger partial charge in [-0.05, 0) is 0 Å². The van der Waals surface area contributed by atoms with Crippen LogP contribution in [-0.4, -0.2) is 54.7 Å². The Kier molecular flexibility index (Phi) is 6.70. The Morgan fingerprint density at radius 2 is 0.913 bits per heavy atom. The molecule has 0 aromatic rings. The number of hydrogen-bond acceptors (Lipinski definition) is 0. The van der Waals surface area contributed by atoms with E-state index in [0.29, 0.717) is 0 Å². The second-order valence-corrected chi connectivity index (χ2v) is 10.1. The Morgan fingerprint density at radius 3 is 1.22 bits per heavy atom. The molecule has 0 unspecified atom stereocenters. The van der Waals surface area contributed by atoms with Crippen LogP contribution in [0.1, 0.15) is 6.42 Å². The minimum absolute atomic E-state index is 0.802. The Morgan fingerprint density at radius 1 is 0.565 bits per heavy atom. The molecule has 0 heterocycles. The molecule has 0 nitrogen and oxygen atoms in total. The molecule has 138 valence electrons. The van der Waals surface area contributed by atoms with Gasteiger partial charge < -0.3 is 0 Å². The van der Waals surface area contributed by atoms with E-state index in [1.165, 1.54) is 0 Å². The van der Waals surface area contributed by atoms with E-state index in [1.54, 1.807) is 0 Å². The van der Waals surface area contributed by atoms with Crippen LogP contribution in [-0.2, 0) is 0 Å². The molecule has 15 heteroatoms. The molecule has 23 heavy (non-hydrogen) atoms. The summed E-state index contributed by atoms with van der Waals surface area (Å²) in [5, 5.41) is 0. The topological polar surface area (TPSA) is 0 Å². The van der Waals surface area contributed by atoms with Crippen LogP contribution in [0.2, 0.25) is 4.44 Å². The summed E-state index contributed by atoms with van der Waals surface area (Å²) in [5.41, 5.74) is 0. The van der Waals surface area contributed by atoms with Crippen LogP contribution in [0, 0.1) is 0 Å². The van der Waals surface area contributed by atoms with Crippen molar-refractivity contribution in [2.75, 3.05) is 0 Å². The van der Waals surface area contributed by atoms with Crippen LogP contribution < -0.4 is 0 Å². The first-order valence-electron chi connectivity index (χ1n) is 5.10. The first-order valence-corrected chi connectivity index (χ1v) is 13.5. The summed E-state index contributed by atoms with van der Waals surface area (Å²) < 4.78 is 163. The van der Waals surface area contributed by atoms with Gasteiger partial charge in [0.2, 0.25) is 0 Å². The number of rotatable bonds is 7. The summed E-state index contributed by atoms with van der Waals surface area (Å²) in [6, 6.07) is 0. The van der Waals surface area contributed by atoms with Gasteiger partial charge in [0.25, 0.3) is 0 Å². The fraction of sp³-hybridized carbons (Fsp3) is 1.00. The molecule has 0 aliphatic rings. The van der Waals surface area contributed by atoms with E-state index >= 15 is 0 Å². The van der Waals surface area contributed by atoms with Crippen molar-refractivity contribution < 1.29 is 57.1 Å². The van der Waals surface area contributed by atoms with Gasteiger partial charge in [-0.15, -0.1) is 0 Å². The SMILES string of the molecule is FC(F)(F)C(F)(F)C(F)(F)C(F)(F)C(F)(F)C(F)(F)C[CH2][Sn][Br]. The van der Waals surface area contributed by atoms with Crippen molar-refractivity contribution >= 4 is 31.6 Å². The summed E-state index contributed by atoms with van der Waals surface area (Å²) in [6.45, 7) is 0. The third kappa shape index (κ3) is 3.66. The molecule has 0 bridgehead atoms. The normalized spacial score (nSPS) is 15.9. The molecule has 0 spiro atoms. The zero-order valence-electron chi connectivity index (χ0n) is 10.2. The molecule has 0 saturated heterocycles. The van der Waals surface area contributed by atoms with Gasteiger partial charge in [0, 0.05) is 0 Å². The molecule has 0 rings (SSSR count). The van der Waals surface area contributed by atoms with Crippen molar-refractivity contribution in [2.45, 2.75) is 46.6 Å². The van der Waals surface area contributed by atoms with Crippen molar-refractivity contribution in [1.82, 2.24) is 0 Å². The molecule has 0 N–H and O–H groups in total. The fourth-order valence-corrected chi connectivity index (χ4v) is 3.66. The number of alkyl halides is 13. The van der Waals surface area contributed by atoms with Crippen molar-refractivity contribution in [3.8, 4) is 0 Å². The van der Waals surface area contributed by atoms with Crippen molar-refractivity contribution in [3.05, 3.63) is 0 Å². The van der Waals surface area contributed by atoms with Gasteiger partial charge in [-0.3, -0.25) is 0 Å². The van der Waals surface area contributed by atoms with Gasteiger partial charge in [-0.1, -0.05) is 0 Å². The maximum atomic E-state index is 13.0. The second-order valence-electron chi connectivity index (χ2n) is 4.13. The first kappa shape index (κ1) is 23.4. The van der Waals surface area contributed by atoms with E-state index in [9.17, 15) is 57.1 Å². The third-order valence-electron chi connectivity index (χ3n) is 2.53. The van der Waals surface area contributed by atoms with Gasteiger partial charge in [0.15, 0.2) is 0 Å². The van der Waals surface area contributed by atoms with E-state index in [4.69, 9.17) is 0 Å². The summed E-state index contributed by atoms with van der Waals surface area (Å²) in [4.78, 5) is 0. The van der Waals surface area contributed by atoms with Gasteiger partial charge in [-0.25, -0.2) is 0 Å². The quantitative estimate of drug-likeness (QED) is 0.291. The summed E-state index contributed by atoms with van der Waals surface area (Å²) in [6.07, 6.45) is -9.45. The maximum absolute atomic E-state index is 13.0. The minimum atomic E-state index is -7.81. The third-order valence-corrected chi connectivity index (χ3v) is 6.44. The predicted octanol–water partition coefficient (Wildman–Crippen LogP) is 5.55. The molecule has 0 amide bonds. The van der Waals surface area contributed by atoms with Crippen molar-refractivity contribution in [2.24, 2.45) is 0 Å². The predicted molar refractivity (Wildman–Crippen MR) is 54.9 cm³/mol. The first-order chi connectivity index (χ1) is 9.81. The Hall–Kier alpha value is 0.369. The van der Waals surface area contributed by atoms with Crippen molar-refractivity contribution in [1.29, 1.82) is 0 Å². The van der Waals surface area contributed by atoms with Crippen LogP contribution >= 0.6 is 12.7 Å². The van der Waals surface area contributed by atoms with E-state index in [-0.39, 0.29) is 0 Å². The average Bonchev–Trinajstić information content (AvgIpc) is 2.34. The molecule has 0 aliphatic carbocycles. The van der Waals surface area contributed by atoms with Crippen LogP contribution in [0.25, 0.3) is 0 Å². The molecule has 0 fully saturated rings. The van der Waals surface area contributed by atoms with Crippen molar-refractivity contribution in [3.63, 3.8) is 0 Å². The van der Waals surface area contributed by atoms with E-state index < -0.39 is 65.6 Å². The number of halogens is 14. The van der Waals surface area contributed by atoms with Crippen LogP contribution in [0.3, 0.4) is 0 Å². The molecule has 0 aliphatic heterocycles.